The summed E-state index contributed by atoms with van der Waals surface area (Å²) in [5, 5.41) is 0. The molecule has 0 saturated heterocycles. The predicted octanol–water partition coefficient (Wildman–Crippen LogP) is 3.40. The van der Waals surface area contributed by atoms with E-state index in [2.05, 4.69) is 15.9 Å². The van der Waals surface area contributed by atoms with Gasteiger partial charge in [0.25, 0.3) is 0 Å². The molecule has 0 aliphatic rings. The number of rotatable bonds is 4. The maximum absolute atomic E-state index is 11.8. The van der Waals surface area contributed by atoms with Crippen LogP contribution in [-0.4, -0.2) is 13.1 Å². The Morgan fingerprint density at radius 2 is 1.95 bits per heavy atom. The first-order valence-electron chi connectivity index (χ1n) is 5.96. The summed E-state index contributed by atoms with van der Waals surface area (Å²) in [6, 6.07) is 12.7. The van der Waals surface area contributed by atoms with E-state index in [9.17, 15) is 4.79 Å². The molecule has 0 atom stereocenters. The van der Waals surface area contributed by atoms with Crippen LogP contribution in [0.15, 0.2) is 46.9 Å². The number of anilines is 1. The van der Waals surface area contributed by atoms with E-state index in [1.165, 1.54) is 7.11 Å². The molecule has 20 heavy (non-hydrogen) atoms. The van der Waals surface area contributed by atoms with Crippen LogP contribution in [0.25, 0.3) is 0 Å². The standard InChI is InChI=1S/C15H14BrNO3/c1-19-15(18)14-10(5-4-7-12(14)17)9-20-13-8-3-2-6-11(13)16/h2-8H,9,17H2,1H3. The van der Waals surface area contributed by atoms with E-state index in [0.717, 1.165) is 4.47 Å². The highest BCUT2D eigenvalue weighted by atomic mass is 79.9. The normalized spacial score (nSPS) is 10.1. The molecule has 0 radical (unpaired) electrons. The second-order valence-electron chi connectivity index (χ2n) is 4.09. The number of carbonyl (C=O) groups excluding carboxylic acids is 1. The molecule has 0 aliphatic carbocycles. The first-order valence-corrected chi connectivity index (χ1v) is 6.75. The number of nitrogen functional groups attached to an aromatic ring is 1. The molecular formula is C15H14BrNO3. The number of carbonyl (C=O) groups is 1. The Balaban J connectivity index is 2.24. The van der Waals surface area contributed by atoms with Crippen molar-refractivity contribution >= 4 is 27.6 Å². The number of ether oxygens (including phenoxy) is 2. The molecule has 2 N–H and O–H groups in total. The molecule has 0 amide bonds. The third-order valence-corrected chi connectivity index (χ3v) is 3.45. The Kier molecular flexibility index (Phi) is 4.63. The molecule has 0 aliphatic heterocycles. The van der Waals surface area contributed by atoms with Crippen LogP contribution in [0.1, 0.15) is 15.9 Å². The highest BCUT2D eigenvalue weighted by Crippen LogP contribution is 2.26. The van der Waals surface area contributed by atoms with Gasteiger partial charge in [-0.05, 0) is 34.1 Å². The number of nitrogens with two attached hydrogens (primary N) is 1. The van der Waals surface area contributed by atoms with Gasteiger partial charge in [-0.2, -0.15) is 0 Å². The summed E-state index contributed by atoms with van der Waals surface area (Å²) in [4.78, 5) is 11.8. The minimum atomic E-state index is -0.464. The van der Waals surface area contributed by atoms with Crippen molar-refractivity contribution in [2.45, 2.75) is 6.61 Å². The van der Waals surface area contributed by atoms with E-state index in [1.807, 2.05) is 24.3 Å². The summed E-state index contributed by atoms with van der Waals surface area (Å²) in [7, 11) is 1.33. The van der Waals surface area contributed by atoms with Gasteiger partial charge in [0, 0.05) is 11.3 Å². The molecule has 0 heterocycles. The Bertz CT molecular complexity index is 628. The van der Waals surface area contributed by atoms with Gasteiger partial charge in [0.15, 0.2) is 0 Å². The van der Waals surface area contributed by atoms with Crippen LogP contribution >= 0.6 is 15.9 Å². The summed E-state index contributed by atoms with van der Waals surface area (Å²) >= 11 is 3.40. The predicted molar refractivity (Wildman–Crippen MR) is 80.7 cm³/mol. The van der Waals surface area contributed by atoms with Gasteiger partial charge in [0.2, 0.25) is 0 Å². The average Bonchev–Trinajstić information content (AvgIpc) is 2.46. The molecule has 2 rings (SSSR count). The maximum atomic E-state index is 11.8. The highest BCUT2D eigenvalue weighted by Gasteiger charge is 2.15. The van der Waals surface area contributed by atoms with Crippen molar-refractivity contribution in [3.63, 3.8) is 0 Å². The third-order valence-electron chi connectivity index (χ3n) is 2.79. The van der Waals surface area contributed by atoms with Crippen molar-refractivity contribution < 1.29 is 14.3 Å². The Morgan fingerprint density at radius 1 is 1.20 bits per heavy atom. The van der Waals surface area contributed by atoms with E-state index in [0.29, 0.717) is 22.6 Å². The van der Waals surface area contributed by atoms with Gasteiger partial charge in [-0.25, -0.2) is 4.79 Å². The van der Waals surface area contributed by atoms with Crippen molar-refractivity contribution in [2.24, 2.45) is 0 Å². The second-order valence-corrected chi connectivity index (χ2v) is 4.95. The van der Waals surface area contributed by atoms with Gasteiger partial charge >= 0.3 is 5.97 Å². The molecule has 0 aromatic heterocycles. The zero-order valence-corrected chi connectivity index (χ0v) is 12.5. The second kappa shape index (κ2) is 6.43. The fourth-order valence-corrected chi connectivity index (χ4v) is 2.21. The minimum absolute atomic E-state index is 0.234. The lowest BCUT2D eigenvalue weighted by atomic mass is 10.1. The van der Waals surface area contributed by atoms with Gasteiger partial charge in [0.1, 0.15) is 12.4 Å². The lowest BCUT2D eigenvalue weighted by Gasteiger charge is -2.12. The zero-order valence-electron chi connectivity index (χ0n) is 10.9. The van der Waals surface area contributed by atoms with Gasteiger partial charge in [0.05, 0.1) is 17.1 Å². The Hall–Kier alpha value is -2.01. The number of methoxy groups -OCH3 is 1. The first-order chi connectivity index (χ1) is 9.63. The summed E-state index contributed by atoms with van der Waals surface area (Å²) in [5.74, 6) is 0.236. The molecule has 4 nitrogen and oxygen atoms in total. The van der Waals surface area contributed by atoms with Crippen LogP contribution in [0.2, 0.25) is 0 Å². The average molecular weight is 336 g/mol. The van der Waals surface area contributed by atoms with Crippen LogP contribution < -0.4 is 10.5 Å². The third kappa shape index (κ3) is 3.11. The van der Waals surface area contributed by atoms with E-state index in [-0.39, 0.29) is 6.61 Å². The zero-order chi connectivity index (χ0) is 14.5. The van der Waals surface area contributed by atoms with E-state index < -0.39 is 5.97 Å². The monoisotopic (exact) mass is 335 g/mol. The minimum Gasteiger partial charge on any atom is -0.488 e. The molecule has 2 aromatic carbocycles. The van der Waals surface area contributed by atoms with Gasteiger partial charge < -0.3 is 15.2 Å². The molecular weight excluding hydrogens is 322 g/mol. The number of hydrogen-bond acceptors (Lipinski definition) is 4. The van der Waals surface area contributed by atoms with Crippen LogP contribution in [-0.2, 0) is 11.3 Å². The molecule has 0 unspecified atom stereocenters. The number of hydrogen-bond donors (Lipinski definition) is 1. The van der Waals surface area contributed by atoms with Gasteiger partial charge in [-0.15, -0.1) is 0 Å². The summed E-state index contributed by atoms with van der Waals surface area (Å²) < 4.78 is 11.3. The molecule has 0 saturated carbocycles. The van der Waals surface area contributed by atoms with E-state index in [4.69, 9.17) is 15.2 Å². The lowest BCUT2D eigenvalue weighted by molar-refractivity contribution is 0.0599. The molecule has 5 heteroatoms. The summed E-state index contributed by atoms with van der Waals surface area (Å²) in [5.41, 5.74) is 7.25. The van der Waals surface area contributed by atoms with Crippen LogP contribution in [0, 0.1) is 0 Å². The van der Waals surface area contributed by atoms with Crippen molar-refractivity contribution in [1.29, 1.82) is 0 Å². The summed E-state index contributed by atoms with van der Waals surface area (Å²) in [6.07, 6.45) is 0. The first kappa shape index (κ1) is 14.4. The molecule has 0 spiro atoms. The van der Waals surface area contributed by atoms with Crippen molar-refractivity contribution in [2.75, 3.05) is 12.8 Å². The number of halogens is 1. The molecule has 0 fully saturated rings. The molecule has 2 aromatic rings. The van der Waals surface area contributed by atoms with E-state index in [1.54, 1.807) is 18.2 Å². The smallest absolute Gasteiger partial charge is 0.340 e. The molecule has 0 bridgehead atoms. The Labute approximate surface area is 125 Å². The van der Waals surface area contributed by atoms with Gasteiger partial charge in [-0.3, -0.25) is 0 Å². The number of benzene rings is 2. The van der Waals surface area contributed by atoms with Crippen LogP contribution in [0.3, 0.4) is 0 Å². The van der Waals surface area contributed by atoms with Crippen molar-refractivity contribution in [3.8, 4) is 5.75 Å². The Morgan fingerprint density at radius 3 is 2.65 bits per heavy atom. The highest BCUT2D eigenvalue weighted by molar-refractivity contribution is 9.10. The van der Waals surface area contributed by atoms with Crippen molar-refractivity contribution in [3.05, 3.63) is 58.1 Å². The van der Waals surface area contributed by atoms with Crippen molar-refractivity contribution in [1.82, 2.24) is 0 Å². The quantitative estimate of drug-likeness (QED) is 0.687. The number of para-hydroxylation sites is 1. The van der Waals surface area contributed by atoms with Crippen LogP contribution in [0.5, 0.6) is 5.75 Å². The summed E-state index contributed by atoms with van der Waals surface area (Å²) in [6.45, 7) is 0.234. The SMILES string of the molecule is COC(=O)c1c(N)cccc1COc1ccccc1Br. The topological polar surface area (TPSA) is 61.5 Å². The largest absolute Gasteiger partial charge is 0.488 e. The maximum Gasteiger partial charge on any atom is 0.340 e. The fourth-order valence-electron chi connectivity index (χ4n) is 1.81. The lowest BCUT2D eigenvalue weighted by Crippen LogP contribution is -2.11. The molecule has 104 valence electrons. The fraction of sp³-hybridized carbons (Fsp3) is 0.133. The van der Waals surface area contributed by atoms with Gasteiger partial charge in [-0.1, -0.05) is 24.3 Å². The number of esters is 1. The van der Waals surface area contributed by atoms with E-state index >= 15 is 0 Å². The van der Waals surface area contributed by atoms with Crippen LogP contribution in [0.4, 0.5) is 5.69 Å².